The summed E-state index contributed by atoms with van der Waals surface area (Å²) in [5.74, 6) is -0.248. The molecule has 0 bridgehead atoms. The van der Waals surface area contributed by atoms with Crippen molar-refractivity contribution in [3.63, 3.8) is 0 Å². The summed E-state index contributed by atoms with van der Waals surface area (Å²) >= 11 is 0. The maximum atomic E-state index is 16.5. The molecule has 0 saturated carbocycles. The van der Waals surface area contributed by atoms with Crippen molar-refractivity contribution < 1.29 is 19.2 Å². The molecule has 0 saturated heterocycles. The van der Waals surface area contributed by atoms with Gasteiger partial charge in [0.05, 0.1) is 22.3 Å². The van der Waals surface area contributed by atoms with Gasteiger partial charge in [-0.1, -0.05) is 390 Å². The number of benzene rings is 11. The van der Waals surface area contributed by atoms with E-state index in [9.17, 15) is 0 Å². The van der Waals surface area contributed by atoms with Crippen molar-refractivity contribution >= 4 is 131 Å². The summed E-state index contributed by atoms with van der Waals surface area (Å²) in [7, 11) is 0. The van der Waals surface area contributed by atoms with Gasteiger partial charge in [-0.25, -0.2) is 0 Å². The van der Waals surface area contributed by atoms with Crippen molar-refractivity contribution in [1.29, 1.82) is 0 Å². The Morgan fingerprint density at radius 1 is 0.217 bits per heavy atom. The molecule has 6 nitrogen and oxygen atoms in total. The van der Waals surface area contributed by atoms with Crippen LogP contribution in [0, 0.1) is 21.7 Å². The van der Waals surface area contributed by atoms with Gasteiger partial charge in [0, 0.05) is 22.9 Å². The van der Waals surface area contributed by atoms with E-state index in [2.05, 4.69) is 184 Å². The Bertz CT molecular complexity index is 4690. The number of fused-ring (bicyclic) bond motifs is 6. The van der Waals surface area contributed by atoms with E-state index in [-0.39, 0.29) is 57.4 Å². The summed E-state index contributed by atoms with van der Waals surface area (Å²) in [6.45, 7) is 37.2. The standard InChI is InChI=1S/C114H158N2O4/c1-17-21-25-29-33-37-41-45-49-53-81(54-50-46-42-38-34-30-26-22-18-2)115-107(117)95-77(65-69-111(5,6)7)73-91-87-61-57-83-85-59-63-89-93-75-79(67-71-113(11,12)13)97-106-98(110(120)116(109(97)119)82(55-51-47-43-39-35-31-27-23-19-3)56-52-48-44-40-36-32-28-24-20-4)80(68-72-114(14,15)16)76-94(104(93)106)90-64-60-86(100(85)102(89)90)84-58-62-88(101(87)99(83)84)92-74-78(66-70-112(8,9)10)96(108(115)118)105(95)103(91)92/h57-64,73-76,81-82H,17-56,65-72H2,1-16H3. The normalized spacial score (nSPS) is 14.1. The Kier molecular flexibility index (Phi) is 30.5. The predicted molar refractivity (Wildman–Crippen MR) is 522 cm³/mol. The van der Waals surface area contributed by atoms with Crippen LogP contribution in [0.1, 0.15) is 457 Å². The molecule has 11 aromatic rings. The fourth-order valence-electron chi connectivity index (χ4n) is 21.8. The minimum absolute atomic E-state index is 0.00466. The summed E-state index contributed by atoms with van der Waals surface area (Å²) < 4.78 is 0. The molecule has 0 spiro atoms. The number of unbranched alkanes of at least 4 members (excludes halogenated alkanes) is 32. The Balaban J connectivity index is 0.967. The Hall–Kier alpha value is -6.92. The summed E-state index contributed by atoms with van der Waals surface area (Å²) in [4.78, 5) is 69.9. The number of carbonyl (C=O) groups is 4. The molecule has 0 unspecified atom stereocenters. The second-order valence-electron chi connectivity index (χ2n) is 43.5. The van der Waals surface area contributed by atoms with Gasteiger partial charge in [0.15, 0.2) is 0 Å². The van der Waals surface area contributed by atoms with Crippen LogP contribution in [-0.4, -0.2) is 45.5 Å². The Morgan fingerprint density at radius 2 is 0.375 bits per heavy atom. The van der Waals surface area contributed by atoms with Crippen LogP contribution in [0.25, 0.3) is 108 Å². The molecule has 2 heterocycles. The van der Waals surface area contributed by atoms with Gasteiger partial charge in [-0.15, -0.1) is 0 Å². The fraction of sp³-hybridized carbons (Fsp3) is 0.614. The first-order valence-electron chi connectivity index (χ1n) is 50.0. The van der Waals surface area contributed by atoms with Crippen LogP contribution in [0.5, 0.6) is 0 Å². The minimum Gasteiger partial charge on any atom is -0.271 e. The quantitative estimate of drug-likeness (QED) is 0.0165. The first-order valence-corrected chi connectivity index (χ1v) is 50.0. The molecule has 11 aromatic carbocycles. The lowest BCUT2D eigenvalue weighted by molar-refractivity contribution is 0.0499. The van der Waals surface area contributed by atoms with Gasteiger partial charge in [0.2, 0.25) is 0 Å². The van der Waals surface area contributed by atoms with E-state index in [0.717, 1.165) is 216 Å². The molecular weight excluding hydrogens is 1460 g/mol. The van der Waals surface area contributed by atoms with Crippen LogP contribution in [0.2, 0.25) is 0 Å². The van der Waals surface area contributed by atoms with Crippen molar-refractivity contribution in [2.75, 3.05) is 0 Å². The van der Waals surface area contributed by atoms with Crippen LogP contribution in [0.15, 0.2) is 72.8 Å². The number of aryl methyl sites for hydroxylation is 4. The molecule has 0 N–H and O–H groups in total. The van der Waals surface area contributed by atoms with Crippen molar-refractivity contribution in [1.82, 2.24) is 9.80 Å². The molecule has 120 heavy (non-hydrogen) atoms. The molecule has 0 aliphatic carbocycles. The molecule has 0 radical (unpaired) electrons. The molecule has 648 valence electrons. The van der Waals surface area contributed by atoms with Gasteiger partial charge < -0.3 is 0 Å². The third-order valence-electron chi connectivity index (χ3n) is 28.8. The Labute approximate surface area is 725 Å². The second-order valence-corrected chi connectivity index (χ2v) is 43.5. The van der Waals surface area contributed by atoms with Gasteiger partial charge in [-0.2, -0.15) is 0 Å². The molecule has 6 heteroatoms. The van der Waals surface area contributed by atoms with Crippen molar-refractivity contribution in [2.24, 2.45) is 21.7 Å². The average Bonchev–Trinajstić information content (AvgIpc) is 0.674. The first-order chi connectivity index (χ1) is 57.7. The summed E-state index contributed by atoms with van der Waals surface area (Å²) in [6.07, 6.45) is 54.7. The minimum atomic E-state index is -0.152. The lowest BCUT2D eigenvalue weighted by atomic mass is 9.76. The predicted octanol–water partition coefficient (Wildman–Crippen LogP) is 35.1. The van der Waals surface area contributed by atoms with Crippen LogP contribution >= 0.6 is 0 Å². The summed E-state index contributed by atoms with van der Waals surface area (Å²) in [6, 6.07) is 28.8. The van der Waals surface area contributed by atoms with Crippen molar-refractivity contribution in [3.8, 4) is 0 Å². The van der Waals surface area contributed by atoms with E-state index in [1.54, 1.807) is 0 Å². The number of hydrogen-bond donors (Lipinski definition) is 0. The lowest BCUT2D eigenvalue weighted by Gasteiger charge is -2.37. The van der Waals surface area contributed by atoms with Crippen molar-refractivity contribution in [3.05, 3.63) is 117 Å². The smallest absolute Gasteiger partial charge is 0.261 e. The maximum absolute atomic E-state index is 16.5. The number of imide groups is 2. The Morgan fingerprint density at radius 3 is 0.550 bits per heavy atom. The second kappa shape index (κ2) is 40.4. The number of nitrogens with zero attached hydrogens (tertiary/aromatic N) is 2. The number of hydrogen-bond acceptors (Lipinski definition) is 4. The highest BCUT2D eigenvalue weighted by Gasteiger charge is 2.44. The number of amides is 4. The summed E-state index contributed by atoms with van der Waals surface area (Å²) in [5, 5.41) is 23.2. The van der Waals surface area contributed by atoms with Gasteiger partial charge in [0.1, 0.15) is 0 Å². The monoisotopic (exact) mass is 1620 g/mol. The third-order valence-corrected chi connectivity index (χ3v) is 28.8. The maximum Gasteiger partial charge on any atom is 0.261 e. The molecule has 0 atom stereocenters. The van der Waals surface area contributed by atoms with Crippen LogP contribution < -0.4 is 0 Å². The van der Waals surface area contributed by atoms with E-state index in [4.69, 9.17) is 0 Å². The zero-order valence-electron chi connectivity index (χ0n) is 78.6. The van der Waals surface area contributed by atoms with E-state index in [0.29, 0.717) is 0 Å². The topological polar surface area (TPSA) is 74.8 Å². The molecule has 2 aliphatic heterocycles. The number of rotatable bonds is 50. The molecule has 0 fully saturated rings. The first kappa shape index (κ1) is 90.8. The highest BCUT2D eigenvalue weighted by molar-refractivity contribution is 6.48. The van der Waals surface area contributed by atoms with E-state index in [1.165, 1.54) is 244 Å². The van der Waals surface area contributed by atoms with E-state index < -0.39 is 0 Å². The molecule has 2 aliphatic rings. The largest absolute Gasteiger partial charge is 0.271 e. The molecule has 0 aromatic heterocycles. The lowest BCUT2D eigenvalue weighted by Crippen LogP contribution is -2.48. The van der Waals surface area contributed by atoms with Crippen LogP contribution in [0.3, 0.4) is 0 Å². The SMILES string of the molecule is CCCCCCCCCCCC(CCCCCCCCCCC)N1C(=O)c2c(CCC(C)(C)C)cc3c4ccc5c6ccc7c8cc(CCC(C)(C)C)c9c%10c(c(CCC(C)(C)C)cc(c%11ccc(c%12ccc(c%13cc(CCC(C)(C)C)c(c2c3%13)C1=O)c4c5%12)c6c7%11)c%108)C(=O)N(C(CCCCCCCCCCC)CCCCCCCCCCC)C9=O. The van der Waals surface area contributed by atoms with Gasteiger partial charge in [-0.05, 0) is 242 Å². The van der Waals surface area contributed by atoms with E-state index in [1.807, 2.05) is 9.80 Å². The van der Waals surface area contributed by atoms with Crippen LogP contribution in [0.4, 0.5) is 0 Å². The van der Waals surface area contributed by atoms with Crippen LogP contribution in [-0.2, 0) is 25.7 Å². The third kappa shape index (κ3) is 20.4. The average molecular weight is 1620 g/mol. The zero-order chi connectivity index (χ0) is 85.2. The zero-order valence-corrected chi connectivity index (χ0v) is 78.6. The van der Waals surface area contributed by atoms with Gasteiger partial charge >= 0.3 is 0 Å². The van der Waals surface area contributed by atoms with E-state index >= 15 is 19.2 Å². The van der Waals surface area contributed by atoms with Gasteiger partial charge in [-0.3, -0.25) is 29.0 Å². The number of carbonyl (C=O) groups excluding carboxylic acids is 4. The summed E-state index contributed by atoms with van der Waals surface area (Å²) in [5.41, 5.74) is 7.51. The highest BCUT2D eigenvalue weighted by Crippen LogP contribution is 2.55. The van der Waals surface area contributed by atoms with Crippen molar-refractivity contribution in [2.45, 2.75) is 431 Å². The highest BCUT2D eigenvalue weighted by atomic mass is 16.2. The fourth-order valence-corrected chi connectivity index (χ4v) is 21.8. The molecule has 13 rings (SSSR count). The van der Waals surface area contributed by atoms with Gasteiger partial charge in [0.25, 0.3) is 23.6 Å². The molecular formula is C114H158N2O4. The molecule has 4 amide bonds.